The molecule has 0 atom stereocenters. The first-order chi connectivity index (χ1) is 8.97. The third-order valence-corrected chi connectivity index (χ3v) is 2.77. The molecule has 0 bridgehead atoms. The number of hydrogen-bond acceptors (Lipinski definition) is 4. The van der Waals surface area contributed by atoms with E-state index in [9.17, 15) is 9.59 Å². The van der Waals surface area contributed by atoms with Gasteiger partial charge in [-0.1, -0.05) is 0 Å². The Morgan fingerprint density at radius 3 is 2.74 bits per heavy atom. The number of ether oxygens (including phenoxy) is 1. The number of allylic oxidation sites excluding steroid dienone is 1. The first kappa shape index (κ1) is 15.4. The van der Waals surface area contributed by atoms with Crippen molar-refractivity contribution in [2.45, 2.75) is 27.3 Å². The van der Waals surface area contributed by atoms with Gasteiger partial charge in [0, 0.05) is 24.5 Å². The maximum absolute atomic E-state index is 11.9. The summed E-state index contributed by atoms with van der Waals surface area (Å²) < 4.78 is 7.00. The zero-order valence-electron chi connectivity index (χ0n) is 11.1. The van der Waals surface area contributed by atoms with Gasteiger partial charge >= 0.3 is 5.97 Å². The molecule has 1 rings (SSSR count). The largest absolute Gasteiger partial charge is 0.463 e. The van der Waals surface area contributed by atoms with Crippen LogP contribution in [0.3, 0.4) is 0 Å². The number of esters is 1. The summed E-state index contributed by atoms with van der Waals surface area (Å²) in [4.78, 5) is 23.1. The van der Waals surface area contributed by atoms with Crippen LogP contribution < -0.4 is 5.32 Å². The van der Waals surface area contributed by atoms with E-state index in [4.69, 9.17) is 4.74 Å². The molecule has 0 aliphatic heterocycles. The predicted molar refractivity (Wildman–Crippen MR) is 73.5 cm³/mol. The molecule has 1 aromatic rings. The van der Waals surface area contributed by atoms with Crippen LogP contribution in [-0.4, -0.2) is 28.3 Å². The number of nitrogens with zero attached hydrogens (tertiary/aromatic N) is 2. The predicted octanol–water partition coefficient (Wildman–Crippen LogP) is 1.86. The van der Waals surface area contributed by atoms with E-state index >= 15 is 0 Å². The summed E-state index contributed by atoms with van der Waals surface area (Å²) in [6.07, 6.45) is 2.95. The van der Waals surface area contributed by atoms with Gasteiger partial charge in [0.1, 0.15) is 0 Å². The highest BCUT2D eigenvalue weighted by Crippen LogP contribution is 2.15. The summed E-state index contributed by atoms with van der Waals surface area (Å²) in [5, 5.41) is 6.69. The molecule has 0 aliphatic carbocycles. The van der Waals surface area contributed by atoms with Gasteiger partial charge in [-0.3, -0.25) is 9.48 Å². The van der Waals surface area contributed by atoms with Crippen LogP contribution in [0.4, 0.5) is 0 Å². The van der Waals surface area contributed by atoms with Crippen LogP contribution in [0.2, 0.25) is 0 Å². The van der Waals surface area contributed by atoms with Gasteiger partial charge in [-0.15, -0.1) is 0 Å². The molecule has 0 saturated carbocycles. The van der Waals surface area contributed by atoms with Crippen molar-refractivity contribution >= 4 is 27.8 Å². The molecule has 104 valence electrons. The lowest BCUT2D eigenvalue weighted by Crippen LogP contribution is -2.23. The minimum atomic E-state index is -0.488. The fraction of sp³-hybridized carbons (Fsp3) is 0.417. The number of aryl methyl sites for hydroxylation is 1. The van der Waals surface area contributed by atoms with Gasteiger partial charge < -0.3 is 10.1 Å². The highest BCUT2D eigenvalue weighted by Gasteiger charge is 2.15. The summed E-state index contributed by atoms with van der Waals surface area (Å²) in [5.74, 6) is -0.865. The molecule has 0 fully saturated rings. The van der Waals surface area contributed by atoms with Crippen molar-refractivity contribution in [1.82, 2.24) is 15.1 Å². The molecule has 7 heteroatoms. The van der Waals surface area contributed by atoms with Crippen molar-refractivity contribution in [2.24, 2.45) is 0 Å². The van der Waals surface area contributed by atoms with Crippen molar-refractivity contribution in [3.05, 3.63) is 28.1 Å². The molecule has 1 N–H and O–H groups in total. The SMILES string of the molecule is CCOC(=O)/C=C(\C)NC(=O)c1nn(CC)cc1Br. The molecule has 0 spiro atoms. The van der Waals surface area contributed by atoms with Crippen molar-refractivity contribution in [1.29, 1.82) is 0 Å². The van der Waals surface area contributed by atoms with Gasteiger partial charge in [0.15, 0.2) is 5.69 Å². The summed E-state index contributed by atoms with van der Waals surface area (Å²) in [5.41, 5.74) is 0.680. The summed E-state index contributed by atoms with van der Waals surface area (Å²) in [6.45, 7) is 6.22. The number of halogens is 1. The lowest BCUT2D eigenvalue weighted by molar-refractivity contribution is -0.137. The normalized spacial score (nSPS) is 11.3. The number of amides is 1. The van der Waals surface area contributed by atoms with Crippen LogP contribution in [0.5, 0.6) is 0 Å². The van der Waals surface area contributed by atoms with Crippen molar-refractivity contribution in [3.63, 3.8) is 0 Å². The Bertz CT molecular complexity index is 508. The average Bonchev–Trinajstić information content (AvgIpc) is 2.70. The Morgan fingerprint density at radius 1 is 1.53 bits per heavy atom. The fourth-order valence-corrected chi connectivity index (χ4v) is 1.84. The molecule has 1 aromatic heterocycles. The van der Waals surface area contributed by atoms with Gasteiger partial charge in [0.05, 0.1) is 11.1 Å². The first-order valence-electron chi connectivity index (χ1n) is 5.87. The molecule has 0 saturated heterocycles. The molecular weight excluding hydrogens is 314 g/mol. The van der Waals surface area contributed by atoms with E-state index in [-0.39, 0.29) is 11.6 Å². The molecule has 0 radical (unpaired) electrons. The number of carbonyl (C=O) groups is 2. The number of nitrogens with one attached hydrogen (secondary N) is 1. The highest BCUT2D eigenvalue weighted by atomic mass is 79.9. The van der Waals surface area contributed by atoms with Crippen molar-refractivity contribution < 1.29 is 14.3 Å². The summed E-state index contributed by atoms with van der Waals surface area (Å²) in [7, 11) is 0. The number of rotatable bonds is 5. The van der Waals surface area contributed by atoms with E-state index in [0.717, 1.165) is 0 Å². The Hall–Kier alpha value is -1.63. The standard InChI is InChI=1S/C12H16BrN3O3/c1-4-16-7-9(13)11(15-16)12(18)14-8(3)6-10(17)19-5-2/h6-7H,4-5H2,1-3H3,(H,14,18)/b8-6+. The molecule has 1 amide bonds. The average molecular weight is 330 g/mol. The summed E-state index contributed by atoms with van der Waals surface area (Å²) >= 11 is 3.27. The van der Waals surface area contributed by atoms with E-state index < -0.39 is 5.97 Å². The molecule has 19 heavy (non-hydrogen) atoms. The maximum atomic E-state index is 11.9. The third kappa shape index (κ3) is 4.51. The second kappa shape index (κ2) is 7.08. The summed E-state index contributed by atoms with van der Waals surface area (Å²) in [6, 6.07) is 0. The molecule has 6 nitrogen and oxygen atoms in total. The van der Waals surface area contributed by atoms with Gasteiger partial charge in [-0.25, -0.2) is 4.79 Å². The highest BCUT2D eigenvalue weighted by molar-refractivity contribution is 9.10. The Morgan fingerprint density at radius 2 is 2.21 bits per heavy atom. The number of aromatic nitrogens is 2. The Labute approximate surface area is 119 Å². The first-order valence-corrected chi connectivity index (χ1v) is 6.66. The minimum Gasteiger partial charge on any atom is -0.463 e. The van der Waals surface area contributed by atoms with Crippen LogP contribution in [0, 0.1) is 0 Å². The lowest BCUT2D eigenvalue weighted by atomic mass is 10.3. The number of carbonyl (C=O) groups excluding carboxylic acids is 2. The fourth-order valence-electron chi connectivity index (χ4n) is 1.35. The van der Waals surface area contributed by atoms with Gasteiger partial charge in [0.25, 0.3) is 5.91 Å². The zero-order chi connectivity index (χ0) is 14.4. The van der Waals surface area contributed by atoms with E-state index in [1.807, 2.05) is 6.92 Å². The smallest absolute Gasteiger partial charge is 0.332 e. The second-order valence-electron chi connectivity index (χ2n) is 3.71. The van der Waals surface area contributed by atoms with Crippen molar-refractivity contribution in [3.8, 4) is 0 Å². The van der Waals surface area contributed by atoms with E-state index in [0.29, 0.717) is 23.3 Å². The van der Waals surface area contributed by atoms with Gasteiger partial charge in [-0.2, -0.15) is 5.10 Å². The van der Waals surface area contributed by atoms with E-state index in [2.05, 4.69) is 26.3 Å². The molecule has 0 aliphatic rings. The van der Waals surface area contributed by atoms with Crippen molar-refractivity contribution in [2.75, 3.05) is 6.61 Å². The molecule has 1 heterocycles. The Kier molecular flexibility index (Phi) is 5.75. The third-order valence-electron chi connectivity index (χ3n) is 2.19. The minimum absolute atomic E-state index is 0.276. The molecular formula is C12H16BrN3O3. The molecule has 0 unspecified atom stereocenters. The van der Waals surface area contributed by atoms with E-state index in [1.165, 1.54) is 6.08 Å². The van der Waals surface area contributed by atoms with Crippen LogP contribution >= 0.6 is 15.9 Å². The quantitative estimate of drug-likeness (QED) is 0.661. The van der Waals surface area contributed by atoms with Gasteiger partial charge in [-0.05, 0) is 36.7 Å². The second-order valence-corrected chi connectivity index (χ2v) is 4.57. The van der Waals surface area contributed by atoms with Crippen LogP contribution in [0.15, 0.2) is 22.4 Å². The Balaban J connectivity index is 2.73. The van der Waals surface area contributed by atoms with Gasteiger partial charge in [0.2, 0.25) is 0 Å². The number of hydrogen-bond donors (Lipinski definition) is 1. The van der Waals surface area contributed by atoms with Crippen LogP contribution in [0.1, 0.15) is 31.3 Å². The van der Waals surface area contributed by atoms with Crippen LogP contribution in [-0.2, 0) is 16.1 Å². The monoisotopic (exact) mass is 329 g/mol. The maximum Gasteiger partial charge on any atom is 0.332 e. The van der Waals surface area contributed by atoms with E-state index in [1.54, 1.807) is 24.7 Å². The lowest BCUT2D eigenvalue weighted by Gasteiger charge is -2.03. The zero-order valence-corrected chi connectivity index (χ0v) is 12.7. The topological polar surface area (TPSA) is 73.2 Å². The molecule has 0 aromatic carbocycles. The van der Waals surface area contributed by atoms with Crippen LogP contribution in [0.25, 0.3) is 0 Å².